The fourth-order valence-electron chi connectivity index (χ4n) is 4.20. The van der Waals surface area contributed by atoms with Crippen LogP contribution in [0.25, 0.3) is 10.1 Å². The van der Waals surface area contributed by atoms with Crippen LogP contribution in [0.1, 0.15) is 38.1 Å². The second-order valence-corrected chi connectivity index (χ2v) is 11.3. The number of anilines is 1. The molecule has 2 amide bonds. The molecule has 4 aromatic carbocycles. The van der Waals surface area contributed by atoms with Gasteiger partial charge in [0, 0.05) is 26.4 Å². The average molecular weight is 647 g/mol. The second kappa shape index (κ2) is 14.2. The molecule has 0 spiro atoms. The van der Waals surface area contributed by atoms with Crippen LogP contribution < -0.4 is 20.2 Å². The van der Waals surface area contributed by atoms with Crippen molar-refractivity contribution < 1.29 is 23.9 Å². The third-order valence-electron chi connectivity index (χ3n) is 6.27. The molecule has 222 valence electrons. The summed E-state index contributed by atoms with van der Waals surface area (Å²) in [5.41, 5.74) is 4.92. The van der Waals surface area contributed by atoms with E-state index in [0.29, 0.717) is 44.6 Å². The number of halogens is 2. The summed E-state index contributed by atoms with van der Waals surface area (Å²) in [7, 11) is 0. The first-order valence-electron chi connectivity index (χ1n) is 13.4. The second-order valence-electron chi connectivity index (χ2n) is 9.40. The van der Waals surface area contributed by atoms with E-state index in [0.717, 1.165) is 10.3 Å². The molecular weight excluding hydrogens is 621 g/mol. The van der Waals surface area contributed by atoms with E-state index in [1.807, 2.05) is 30.3 Å². The largest absolute Gasteiger partial charge is 0.490 e. The van der Waals surface area contributed by atoms with Crippen molar-refractivity contribution in [2.45, 2.75) is 13.3 Å². The number of rotatable bonds is 10. The summed E-state index contributed by atoms with van der Waals surface area (Å²) in [6.45, 7) is 2.13. The smallest absolute Gasteiger partial charge is 0.355 e. The predicted molar refractivity (Wildman–Crippen MR) is 175 cm³/mol. The molecule has 0 aliphatic carbocycles. The topological polar surface area (TPSA) is 106 Å². The van der Waals surface area contributed by atoms with Gasteiger partial charge in [0.1, 0.15) is 4.88 Å². The Balaban J connectivity index is 1.19. The van der Waals surface area contributed by atoms with E-state index in [4.69, 9.17) is 32.7 Å². The fourth-order valence-corrected chi connectivity index (χ4v) is 5.86. The van der Waals surface area contributed by atoms with Gasteiger partial charge in [-0.15, -0.1) is 11.3 Å². The first-order valence-corrected chi connectivity index (χ1v) is 15.0. The summed E-state index contributed by atoms with van der Waals surface area (Å²) >= 11 is 13.7. The van der Waals surface area contributed by atoms with Crippen LogP contribution >= 0.6 is 34.5 Å². The van der Waals surface area contributed by atoms with Crippen molar-refractivity contribution in [1.29, 1.82) is 0 Å². The average Bonchev–Trinajstić information content (AvgIpc) is 3.34. The molecule has 0 radical (unpaired) electrons. The third kappa shape index (κ3) is 7.62. The summed E-state index contributed by atoms with van der Waals surface area (Å²) in [4.78, 5) is 38.1. The lowest BCUT2D eigenvalue weighted by molar-refractivity contribution is -0.115. The maximum atomic E-state index is 13.0. The molecule has 44 heavy (non-hydrogen) atoms. The minimum absolute atomic E-state index is 0.153. The van der Waals surface area contributed by atoms with Gasteiger partial charge in [-0.2, -0.15) is 5.10 Å². The summed E-state index contributed by atoms with van der Waals surface area (Å²) < 4.78 is 12.1. The van der Waals surface area contributed by atoms with Crippen LogP contribution in [0.15, 0.2) is 96.1 Å². The fraction of sp³-hybridized carbons (Fsp3) is 0.0909. The number of ether oxygens (including phenoxy) is 2. The van der Waals surface area contributed by atoms with E-state index < -0.39 is 11.9 Å². The quantitative estimate of drug-likeness (QED) is 0.0698. The van der Waals surface area contributed by atoms with E-state index in [9.17, 15) is 14.4 Å². The third-order valence-corrected chi connectivity index (χ3v) is 8.14. The number of carbonyl (C=O) groups is 3. The predicted octanol–water partition coefficient (Wildman–Crippen LogP) is 7.77. The molecule has 11 heteroatoms. The van der Waals surface area contributed by atoms with Crippen LogP contribution in [0.2, 0.25) is 10.0 Å². The normalized spacial score (nSPS) is 11.0. The van der Waals surface area contributed by atoms with Gasteiger partial charge in [0.05, 0.1) is 24.3 Å². The molecule has 1 heterocycles. The van der Waals surface area contributed by atoms with Gasteiger partial charge in [0.2, 0.25) is 5.91 Å². The number of hydrazone groups is 1. The Morgan fingerprint density at radius 3 is 2.43 bits per heavy atom. The van der Waals surface area contributed by atoms with Crippen LogP contribution in [-0.4, -0.2) is 30.6 Å². The van der Waals surface area contributed by atoms with Gasteiger partial charge >= 0.3 is 5.97 Å². The molecule has 5 rings (SSSR count). The molecule has 0 fully saturated rings. The number of hydrogen-bond acceptors (Lipinski definition) is 7. The zero-order valence-electron chi connectivity index (χ0n) is 23.3. The van der Waals surface area contributed by atoms with Crippen molar-refractivity contribution in [3.63, 3.8) is 0 Å². The van der Waals surface area contributed by atoms with Crippen molar-refractivity contribution >= 4 is 74.3 Å². The van der Waals surface area contributed by atoms with Gasteiger partial charge in [-0.25, -0.2) is 10.2 Å². The number of amides is 2. The Hall–Kier alpha value is -4.70. The highest BCUT2D eigenvalue weighted by Crippen LogP contribution is 2.38. The Bertz CT molecular complexity index is 1860. The molecule has 8 nitrogen and oxygen atoms in total. The molecule has 0 atom stereocenters. The lowest BCUT2D eigenvalue weighted by Crippen LogP contribution is -2.18. The first kappa shape index (κ1) is 30.7. The van der Waals surface area contributed by atoms with Crippen molar-refractivity contribution in [2.24, 2.45) is 5.10 Å². The van der Waals surface area contributed by atoms with Crippen LogP contribution in [0.3, 0.4) is 0 Å². The number of fused-ring (bicyclic) bond motifs is 1. The Kier molecular flexibility index (Phi) is 9.91. The summed E-state index contributed by atoms with van der Waals surface area (Å²) in [5, 5.41) is 8.41. The number of nitrogens with one attached hydrogen (secondary N) is 2. The van der Waals surface area contributed by atoms with Crippen molar-refractivity contribution in [2.75, 3.05) is 11.9 Å². The van der Waals surface area contributed by atoms with Gasteiger partial charge in [-0.3, -0.25) is 9.59 Å². The molecule has 0 aliphatic heterocycles. The Morgan fingerprint density at radius 2 is 1.68 bits per heavy atom. The monoisotopic (exact) mass is 645 g/mol. The Morgan fingerprint density at radius 1 is 0.909 bits per heavy atom. The van der Waals surface area contributed by atoms with E-state index in [1.54, 1.807) is 67.6 Å². The molecule has 1 aromatic heterocycles. The molecule has 0 aliphatic rings. The van der Waals surface area contributed by atoms with Gasteiger partial charge in [0.25, 0.3) is 5.91 Å². The molecule has 0 bridgehead atoms. The van der Waals surface area contributed by atoms with E-state index in [2.05, 4.69) is 15.8 Å². The van der Waals surface area contributed by atoms with E-state index >= 15 is 0 Å². The lowest BCUT2D eigenvalue weighted by Gasteiger charge is -2.11. The van der Waals surface area contributed by atoms with Crippen molar-refractivity contribution in [1.82, 2.24) is 5.43 Å². The van der Waals surface area contributed by atoms with Crippen molar-refractivity contribution in [3.05, 3.63) is 123 Å². The zero-order chi connectivity index (χ0) is 31.1. The zero-order valence-corrected chi connectivity index (χ0v) is 25.6. The number of esters is 1. The minimum Gasteiger partial charge on any atom is -0.490 e. The Labute approximate surface area is 267 Å². The van der Waals surface area contributed by atoms with Gasteiger partial charge in [-0.1, -0.05) is 59.6 Å². The van der Waals surface area contributed by atoms with Gasteiger partial charge in [-0.05, 0) is 72.6 Å². The molecule has 0 saturated carbocycles. The number of thiophene rings is 1. The summed E-state index contributed by atoms with van der Waals surface area (Å²) in [5.74, 6) is -0.675. The highest BCUT2D eigenvalue weighted by atomic mass is 35.5. The molecule has 0 saturated heterocycles. The number of nitrogens with zero attached hydrogens (tertiary/aromatic N) is 1. The number of benzene rings is 4. The number of carbonyl (C=O) groups excluding carboxylic acids is 3. The summed E-state index contributed by atoms with van der Waals surface area (Å²) in [6, 6.07) is 26.0. The summed E-state index contributed by atoms with van der Waals surface area (Å²) in [6.07, 6.45) is 1.69. The molecule has 0 unspecified atom stereocenters. The van der Waals surface area contributed by atoms with Crippen LogP contribution in [0, 0.1) is 0 Å². The highest BCUT2D eigenvalue weighted by Gasteiger charge is 2.21. The lowest BCUT2D eigenvalue weighted by atomic mass is 10.1. The highest BCUT2D eigenvalue weighted by molar-refractivity contribution is 7.21. The van der Waals surface area contributed by atoms with Crippen LogP contribution in [-0.2, 0) is 11.2 Å². The first-order chi connectivity index (χ1) is 21.3. The van der Waals surface area contributed by atoms with Gasteiger partial charge < -0.3 is 14.8 Å². The van der Waals surface area contributed by atoms with Crippen LogP contribution in [0.4, 0.5) is 5.69 Å². The standard InChI is InChI=1S/C33H25Cl2N3O5S/c1-2-42-27-16-21(8-15-26(27)43-33(41)31-30(35)25-14-11-23(34)18-28(25)44-31)19-36-38-32(40)22-9-12-24(13-10-22)37-29(39)17-20-6-4-3-5-7-20/h3-16,18-19H,2,17H2,1H3,(H,37,39)(H,38,40)/b36-19-. The number of hydrogen-bond donors (Lipinski definition) is 2. The van der Waals surface area contributed by atoms with Crippen molar-refractivity contribution in [3.8, 4) is 11.5 Å². The molecule has 2 N–H and O–H groups in total. The SMILES string of the molecule is CCOc1cc(/C=N\NC(=O)c2ccc(NC(=O)Cc3ccccc3)cc2)ccc1OC(=O)c1sc2cc(Cl)ccc2c1Cl. The molecular formula is C33H25Cl2N3O5S. The van der Waals surface area contributed by atoms with E-state index in [1.165, 1.54) is 17.6 Å². The van der Waals surface area contributed by atoms with E-state index in [-0.39, 0.29) is 23.0 Å². The maximum Gasteiger partial charge on any atom is 0.355 e. The van der Waals surface area contributed by atoms with Crippen LogP contribution in [0.5, 0.6) is 11.5 Å². The van der Waals surface area contributed by atoms with Gasteiger partial charge in [0.15, 0.2) is 11.5 Å². The maximum absolute atomic E-state index is 13.0. The molecule has 5 aromatic rings. The minimum atomic E-state index is -0.622.